The van der Waals surface area contributed by atoms with Crippen molar-refractivity contribution in [2.45, 2.75) is 26.3 Å². The zero-order valence-corrected chi connectivity index (χ0v) is 15.0. The van der Waals surface area contributed by atoms with Crippen molar-refractivity contribution in [2.24, 2.45) is 0 Å². The molecule has 3 rings (SSSR count). The Labute approximate surface area is 156 Å². The zero-order chi connectivity index (χ0) is 19.4. The number of carbonyl (C=O) groups excluding carboxylic acids is 2. The minimum Gasteiger partial charge on any atom is -0.339 e. The van der Waals surface area contributed by atoms with E-state index in [0.29, 0.717) is 29.9 Å². The van der Waals surface area contributed by atoms with Gasteiger partial charge in [-0.3, -0.25) is 4.79 Å². The number of urea groups is 1. The number of aryl methyl sites for hydroxylation is 1. The molecule has 0 bridgehead atoms. The van der Waals surface area contributed by atoms with Crippen molar-refractivity contribution in [3.8, 4) is 0 Å². The average Bonchev–Trinajstić information content (AvgIpc) is 3.15. The van der Waals surface area contributed by atoms with Crippen LogP contribution in [0.4, 0.5) is 19.3 Å². The third kappa shape index (κ3) is 4.61. The predicted molar refractivity (Wildman–Crippen MR) is 98.5 cm³/mol. The lowest BCUT2D eigenvalue weighted by Gasteiger charge is -2.19. The molecule has 0 saturated carbocycles. The smallest absolute Gasteiger partial charge is 0.319 e. The van der Waals surface area contributed by atoms with Crippen LogP contribution >= 0.6 is 0 Å². The molecule has 0 radical (unpaired) electrons. The van der Waals surface area contributed by atoms with Gasteiger partial charge < -0.3 is 15.5 Å². The maximum absolute atomic E-state index is 13.2. The summed E-state index contributed by atoms with van der Waals surface area (Å²) in [7, 11) is 0. The quantitative estimate of drug-likeness (QED) is 0.856. The van der Waals surface area contributed by atoms with Crippen LogP contribution in [0.1, 0.15) is 34.3 Å². The van der Waals surface area contributed by atoms with Gasteiger partial charge in [-0.25, -0.2) is 13.6 Å². The first-order valence-electron chi connectivity index (χ1n) is 8.83. The van der Waals surface area contributed by atoms with Crippen molar-refractivity contribution in [2.75, 3.05) is 18.4 Å². The van der Waals surface area contributed by atoms with Gasteiger partial charge in [-0.1, -0.05) is 12.1 Å². The van der Waals surface area contributed by atoms with Crippen LogP contribution in [0.25, 0.3) is 0 Å². The summed E-state index contributed by atoms with van der Waals surface area (Å²) < 4.78 is 26.5. The van der Waals surface area contributed by atoms with Crippen LogP contribution < -0.4 is 10.6 Å². The first-order chi connectivity index (χ1) is 12.9. The number of anilines is 1. The minimum atomic E-state index is -0.704. The van der Waals surface area contributed by atoms with Crippen LogP contribution in [0.15, 0.2) is 36.4 Å². The first-order valence-corrected chi connectivity index (χ1v) is 8.83. The fraction of sp³-hybridized carbons (Fsp3) is 0.300. The van der Waals surface area contributed by atoms with Gasteiger partial charge in [0.05, 0.1) is 11.3 Å². The molecule has 1 aliphatic rings. The third-order valence-corrected chi connectivity index (χ3v) is 4.51. The van der Waals surface area contributed by atoms with Gasteiger partial charge in [0.25, 0.3) is 5.91 Å². The lowest BCUT2D eigenvalue weighted by molar-refractivity contribution is 0.0793. The normalized spacial score (nSPS) is 13.5. The summed E-state index contributed by atoms with van der Waals surface area (Å²) in [4.78, 5) is 26.8. The Kier molecular flexibility index (Phi) is 5.69. The van der Waals surface area contributed by atoms with E-state index in [1.807, 2.05) is 0 Å². The molecule has 0 aliphatic carbocycles. The summed E-state index contributed by atoms with van der Waals surface area (Å²) in [6, 6.07) is 7.79. The SMILES string of the molecule is Cc1cccc(C(=O)N2CCCC2)c1NC(=O)NCc1cc(F)cc(F)c1. The highest BCUT2D eigenvalue weighted by atomic mass is 19.1. The molecule has 2 aromatic carbocycles. The molecule has 0 spiro atoms. The summed E-state index contributed by atoms with van der Waals surface area (Å²) >= 11 is 0. The van der Waals surface area contributed by atoms with Gasteiger partial charge in [0.15, 0.2) is 0 Å². The molecule has 1 saturated heterocycles. The minimum absolute atomic E-state index is 0.0399. The van der Waals surface area contributed by atoms with Crippen molar-refractivity contribution in [3.05, 3.63) is 64.7 Å². The molecule has 0 aromatic heterocycles. The molecule has 0 unspecified atom stereocenters. The maximum Gasteiger partial charge on any atom is 0.319 e. The van der Waals surface area contributed by atoms with E-state index in [0.717, 1.165) is 36.6 Å². The lowest BCUT2D eigenvalue weighted by Crippen LogP contribution is -2.32. The number of rotatable bonds is 4. The monoisotopic (exact) mass is 373 g/mol. The highest BCUT2D eigenvalue weighted by Crippen LogP contribution is 2.24. The van der Waals surface area contributed by atoms with Crippen molar-refractivity contribution >= 4 is 17.6 Å². The van der Waals surface area contributed by atoms with Crippen molar-refractivity contribution < 1.29 is 18.4 Å². The molecule has 5 nitrogen and oxygen atoms in total. The van der Waals surface area contributed by atoms with E-state index in [4.69, 9.17) is 0 Å². The molecule has 2 N–H and O–H groups in total. The molecular weight excluding hydrogens is 352 g/mol. The van der Waals surface area contributed by atoms with Crippen LogP contribution in [0.3, 0.4) is 0 Å². The second-order valence-electron chi connectivity index (χ2n) is 6.58. The van der Waals surface area contributed by atoms with E-state index in [1.165, 1.54) is 0 Å². The average molecular weight is 373 g/mol. The molecular formula is C20H21F2N3O2. The van der Waals surface area contributed by atoms with Gasteiger partial charge in [0.2, 0.25) is 0 Å². The number of carbonyl (C=O) groups is 2. The van der Waals surface area contributed by atoms with Gasteiger partial charge in [0, 0.05) is 25.7 Å². The van der Waals surface area contributed by atoms with Crippen LogP contribution in [-0.4, -0.2) is 29.9 Å². The largest absolute Gasteiger partial charge is 0.339 e. The fourth-order valence-corrected chi connectivity index (χ4v) is 3.16. The first kappa shape index (κ1) is 18.8. The molecule has 27 heavy (non-hydrogen) atoms. The summed E-state index contributed by atoms with van der Waals surface area (Å²) in [5.74, 6) is -1.52. The fourth-order valence-electron chi connectivity index (χ4n) is 3.16. The molecule has 1 aliphatic heterocycles. The summed E-state index contributed by atoms with van der Waals surface area (Å²) in [5.41, 5.74) is 1.94. The summed E-state index contributed by atoms with van der Waals surface area (Å²) in [5, 5.41) is 5.25. The van der Waals surface area contributed by atoms with Gasteiger partial charge in [-0.2, -0.15) is 0 Å². The number of nitrogens with zero attached hydrogens (tertiary/aromatic N) is 1. The predicted octanol–water partition coefficient (Wildman–Crippen LogP) is 3.83. The number of nitrogens with one attached hydrogen (secondary N) is 2. The molecule has 0 atom stereocenters. The summed E-state index contributed by atoms with van der Waals surface area (Å²) in [6.45, 7) is 3.19. The van der Waals surface area contributed by atoms with Crippen molar-refractivity contribution in [1.29, 1.82) is 0 Å². The summed E-state index contributed by atoms with van der Waals surface area (Å²) in [6.07, 6.45) is 1.95. The highest BCUT2D eigenvalue weighted by molar-refractivity contribution is 6.04. The van der Waals surface area contributed by atoms with Crippen LogP contribution in [-0.2, 0) is 6.54 Å². The molecule has 1 heterocycles. The van der Waals surface area contributed by atoms with Gasteiger partial charge in [0.1, 0.15) is 11.6 Å². The number of halogens is 2. The van der Waals surface area contributed by atoms with E-state index >= 15 is 0 Å². The van der Waals surface area contributed by atoms with Crippen molar-refractivity contribution in [1.82, 2.24) is 10.2 Å². The Bertz CT molecular complexity index is 844. The van der Waals surface area contributed by atoms with Crippen molar-refractivity contribution in [3.63, 3.8) is 0 Å². The lowest BCUT2D eigenvalue weighted by atomic mass is 10.1. The Morgan fingerprint density at radius 2 is 1.74 bits per heavy atom. The van der Waals surface area contributed by atoms with E-state index in [9.17, 15) is 18.4 Å². The number of para-hydroxylation sites is 1. The van der Waals surface area contributed by atoms with E-state index in [2.05, 4.69) is 10.6 Å². The second kappa shape index (κ2) is 8.16. The second-order valence-corrected chi connectivity index (χ2v) is 6.58. The Morgan fingerprint density at radius 3 is 2.41 bits per heavy atom. The maximum atomic E-state index is 13.2. The van der Waals surface area contributed by atoms with E-state index in [1.54, 1.807) is 30.0 Å². The van der Waals surface area contributed by atoms with Crippen LogP contribution in [0.5, 0.6) is 0 Å². The number of hydrogen-bond acceptors (Lipinski definition) is 2. The van der Waals surface area contributed by atoms with Gasteiger partial charge in [-0.15, -0.1) is 0 Å². The van der Waals surface area contributed by atoms with Crippen LogP contribution in [0.2, 0.25) is 0 Å². The van der Waals surface area contributed by atoms with Crippen LogP contribution in [0, 0.1) is 18.6 Å². The molecule has 3 amide bonds. The molecule has 7 heteroatoms. The highest BCUT2D eigenvalue weighted by Gasteiger charge is 2.23. The Morgan fingerprint density at radius 1 is 1.07 bits per heavy atom. The standard InChI is InChI=1S/C20H21F2N3O2/c1-13-5-4-6-17(19(26)25-7-2-3-8-25)18(13)24-20(27)23-12-14-9-15(21)11-16(22)10-14/h4-6,9-11H,2-3,7-8,12H2,1H3,(H2,23,24,27). The van der Waals surface area contributed by atoms with Gasteiger partial charge in [-0.05, 0) is 49.1 Å². The molecule has 1 fully saturated rings. The Balaban J connectivity index is 1.70. The topological polar surface area (TPSA) is 61.4 Å². The molecule has 2 aromatic rings. The Hall–Kier alpha value is -2.96. The van der Waals surface area contributed by atoms with E-state index < -0.39 is 17.7 Å². The van der Waals surface area contributed by atoms with E-state index in [-0.39, 0.29) is 12.5 Å². The number of amides is 3. The molecule has 142 valence electrons. The number of hydrogen-bond donors (Lipinski definition) is 2. The van der Waals surface area contributed by atoms with Gasteiger partial charge >= 0.3 is 6.03 Å². The number of benzene rings is 2. The number of likely N-dealkylation sites (tertiary alicyclic amines) is 1. The zero-order valence-electron chi connectivity index (χ0n) is 15.0. The third-order valence-electron chi connectivity index (χ3n) is 4.51.